The Kier molecular flexibility index (Phi) is 4.79. The summed E-state index contributed by atoms with van der Waals surface area (Å²) in [6, 6.07) is 5.31. The molecule has 1 N–H and O–H groups in total. The average molecular weight is 443 g/mol. The number of hydrogen-bond donors (Lipinski definition) is 1. The Balaban J connectivity index is 2.26. The van der Waals surface area contributed by atoms with Crippen LogP contribution >= 0.6 is 43.2 Å². The lowest BCUT2D eigenvalue weighted by Gasteiger charge is -2.12. The Morgan fingerprint density at radius 2 is 1.90 bits per heavy atom. The molecular formula is C13H8Br2F3NOS. The molecule has 1 aromatic carbocycles. The van der Waals surface area contributed by atoms with Gasteiger partial charge in [-0.25, -0.2) is 0 Å². The minimum Gasteiger partial charge on any atom is -0.321 e. The van der Waals surface area contributed by atoms with Gasteiger partial charge >= 0.3 is 6.18 Å². The maximum absolute atomic E-state index is 12.8. The van der Waals surface area contributed by atoms with E-state index in [1.165, 1.54) is 30.4 Å². The molecule has 21 heavy (non-hydrogen) atoms. The molecule has 0 spiro atoms. The van der Waals surface area contributed by atoms with Gasteiger partial charge in [-0.05, 0) is 62.5 Å². The van der Waals surface area contributed by atoms with Crippen LogP contribution in [0.15, 0.2) is 32.5 Å². The van der Waals surface area contributed by atoms with E-state index in [1.54, 1.807) is 6.07 Å². The van der Waals surface area contributed by atoms with Crippen LogP contribution in [0, 0.1) is 6.92 Å². The molecule has 0 fully saturated rings. The Labute approximate surface area is 139 Å². The molecule has 0 bridgehead atoms. The van der Waals surface area contributed by atoms with Crippen LogP contribution in [0.25, 0.3) is 0 Å². The molecule has 1 heterocycles. The second-order valence-corrected chi connectivity index (χ2v) is 7.44. The number of benzene rings is 1. The summed E-state index contributed by atoms with van der Waals surface area (Å²) in [5, 5.41) is 2.47. The molecular weight excluding hydrogens is 435 g/mol. The number of halogens is 5. The standard InChI is InChI=1S/C13H8Br2F3NOS/c1-6-2-3-7(4-8(6)13(16,17)18)19-12(20)10-5-9(14)11(15)21-10/h2-5H,1H3,(H,19,20). The van der Waals surface area contributed by atoms with Gasteiger partial charge in [0.2, 0.25) is 0 Å². The van der Waals surface area contributed by atoms with Crippen molar-refractivity contribution in [3.63, 3.8) is 0 Å². The van der Waals surface area contributed by atoms with Crippen molar-refractivity contribution in [2.24, 2.45) is 0 Å². The fourth-order valence-electron chi connectivity index (χ4n) is 1.66. The molecule has 2 nitrogen and oxygen atoms in total. The van der Waals surface area contributed by atoms with Crippen LogP contribution in [0.2, 0.25) is 0 Å². The Bertz CT molecular complexity index is 678. The molecule has 0 radical (unpaired) electrons. The molecule has 0 aliphatic rings. The summed E-state index contributed by atoms with van der Waals surface area (Å²) in [5.74, 6) is -0.455. The van der Waals surface area contributed by atoms with Crippen molar-refractivity contribution >= 4 is 54.8 Å². The summed E-state index contributed by atoms with van der Waals surface area (Å²) >= 11 is 7.70. The molecule has 8 heteroatoms. The minimum absolute atomic E-state index is 0.110. The molecule has 2 rings (SSSR count). The van der Waals surface area contributed by atoms with Gasteiger partial charge in [0.25, 0.3) is 5.91 Å². The number of alkyl halides is 3. The zero-order chi connectivity index (χ0) is 15.8. The lowest BCUT2D eigenvalue weighted by Crippen LogP contribution is -2.13. The van der Waals surface area contributed by atoms with Gasteiger partial charge in [0.1, 0.15) is 0 Å². The number of anilines is 1. The van der Waals surface area contributed by atoms with E-state index in [4.69, 9.17) is 0 Å². The van der Waals surface area contributed by atoms with Crippen LogP contribution in [-0.2, 0) is 6.18 Å². The Hall–Kier alpha value is -0.860. The van der Waals surface area contributed by atoms with Gasteiger partial charge in [0.05, 0.1) is 14.2 Å². The molecule has 0 atom stereocenters. The number of carbonyl (C=O) groups excluding carboxylic acids is 1. The normalized spacial score (nSPS) is 11.5. The van der Waals surface area contributed by atoms with Crippen molar-refractivity contribution in [2.75, 3.05) is 5.32 Å². The molecule has 0 saturated carbocycles. The van der Waals surface area contributed by atoms with Gasteiger partial charge < -0.3 is 5.32 Å². The smallest absolute Gasteiger partial charge is 0.321 e. The highest BCUT2D eigenvalue weighted by molar-refractivity contribution is 9.13. The fourth-order valence-corrected chi connectivity index (χ4v) is 3.59. The fraction of sp³-hybridized carbons (Fsp3) is 0.154. The van der Waals surface area contributed by atoms with Crippen LogP contribution in [0.4, 0.5) is 18.9 Å². The van der Waals surface area contributed by atoms with Crippen molar-refractivity contribution in [1.29, 1.82) is 0 Å². The van der Waals surface area contributed by atoms with E-state index >= 15 is 0 Å². The summed E-state index contributed by atoms with van der Waals surface area (Å²) in [6.07, 6.45) is -4.44. The lowest BCUT2D eigenvalue weighted by molar-refractivity contribution is -0.138. The predicted molar refractivity (Wildman–Crippen MR) is 83.9 cm³/mol. The second-order valence-electron chi connectivity index (χ2n) is 4.21. The number of amides is 1. The van der Waals surface area contributed by atoms with Crippen LogP contribution in [-0.4, -0.2) is 5.91 Å². The number of hydrogen-bond acceptors (Lipinski definition) is 2. The number of carbonyl (C=O) groups is 1. The van der Waals surface area contributed by atoms with E-state index in [-0.39, 0.29) is 11.3 Å². The SMILES string of the molecule is Cc1ccc(NC(=O)c2cc(Br)c(Br)s2)cc1C(F)(F)F. The van der Waals surface area contributed by atoms with Gasteiger partial charge in [-0.3, -0.25) is 4.79 Å². The third-order valence-electron chi connectivity index (χ3n) is 2.67. The Morgan fingerprint density at radius 3 is 2.43 bits per heavy atom. The van der Waals surface area contributed by atoms with Crippen LogP contribution in [0.3, 0.4) is 0 Å². The van der Waals surface area contributed by atoms with Gasteiger partial charge in [0.15, 0.2) is 0 Å². The maximum atomic E-state index is 12.8. The first-order valence-corrected chi connectivity index (χ1v) is 8.03. The monoisotopic (exact) mass is 441 g/mol. The molecule has 0 aliphatic carbocycles. The van der Waals surface area contributed by atoms with E-state index in [0.29, 0.717) is 4.88 Å². The van der Waals surface area contributed by atoms with Gasteiger partial charge in [-0.2, -0.15) is 13.2 Å². The van der Waals surface area contributed by atoms with Crippen molar-refractivity contribution < 1.29 is 18.0 Å². The highest BCUT2D eigenvalue weighted by atomic mass is 79.9. The molecule has 1 amide bonds. The molecule has 0 saturated heterocycles. The third kappa shape index (κ3) is 3.87. The van der Waals surface area contributed by atoms with E-state index in [1.807, 2.05) is 0 Å². The highest BCUT2D eigenvalue weighted by Gasteiger charge is 2.32. The summed E-state index contributed by atoms with van der Waals surface area (Å²) in [4.78, 5) is 12.4. The maximum Gasteiger partial charge on any atom is 0.416 e. The highest BCUT2D eigenvalue weighted by Crippen LogP contribution is 2.35. The quantitative estimate of drug-likeness (QED) is 0.620. The van der Waals surface area contributed by atoms with E-state index in [9.17, 15) is 18.0 Å². The zero-order valence-electron chi connectivity index (χ0n) is 10.5. The van der Waals surface area contributed by atoms with Gasteiger partial charge in [-0.15, -0.1) is 11.3 Å². The largest absolute Gasteiger partial charge is 0.416 e. The Morgan fingerprint density at radius 1 is 1.24 bits per heavy atom. The lowest BCUT2D eigenvalue weighted by atomic mass is 10.1. The van der Waals surface area contributed by atoms with Crippen molar-refractivity contribution in [2.45, 2.75) is 13.1 Å². The number of aryl methyl sites for hydroxylation is 1. The molecule has 112 valence electrons. The van der Waals surface area contributed by atoms with Crippen molar-refractivity contribution in [3.8, 4) is 0 Å². The van der Waals surface area contributed by atoms with Crippen LogP contribution in [0.5, 0.6) is 0 Å². The van der Waals surface area contributed by atoms with Crippen molar-refractivity contribution in [1.82, 2.24) is 0 Å². The summed E-state index contributed by atoms with van der Waals surface area (Å²) in [7, 11) is 0. The number of rotatable bonds is 2. The first-order valence-electron chi connectivity index (χ1n) is 5.62. The van der Waals surface area contributed by atoms with E-state index in [2.05, 4.69) is 37.2 Å². The van der Waals surface area contributed by atoms with Crippen molar-refractivity contribution in [3.05, 3.63) is 48.5 Å². The number of thiophene rings is 1. The summed E-state index contributed by atoms with van der Waals surface area (Å²) in [5.41, 5.74) is -0.533. The van der Waals surface area contributed by atoms with Gasteiger partial charge in [0, 0.05) is 10.2 Å². The predicted octanol–water partition coefficient (Wildman–Crippen LogP) is 5.85. The number of nitrogens with one attached hydrogen (secondary N) is 1. The average Bonchev–Trinajstić information content (AvgIpc) is 2.71. The van der Waals surface area contributed by atoms with E-state index < -0.39 is 17.6 Å². The first-order chi connectivity index (χ1) is 9.68. The molecule has 1 aromatic heterocycles. The van der Waals surface area contributed by atoms with Crippen LogP contribution in [0.1, 0.15) is 20.8 Å². The topological polar surface area (TPSA) is 29.1 Å². The molecule has 2 aromatic rings. The molecule has 0 aliphatic heterocycles. The minimum atomic E-state index is -4.44. The van der Waals surface area contributed by atoms with E-state index in [0.717, 1.165) is 14.3 Å². The zero-order valence-corrected chi connectivity index (χ0v) is 14.5. The summed E-state index contributed by atoms with van der Waals surface area (Å²) in [6.45, 7) is 1.38. The third-order valence-corrected chi connectivity index (χ3v) is 5.92. The molecule has 0 unspecified atom stereocenters. The van der Waals surface area contributed by atoms with Crippen LogP contribution < -0.4 is 5.32 Å². The summed E-state index contributed by atoms with van der Waals surface area (Å²) < 4.78 is 39.9. The second kappa shape index (κ2) is 6.10. The first kappa shape index (κ1) is 16.5. The van der Waals surface area contributed by atoms with Gasteiger partial charge in [-0.1, -0.05) is 6.07 Å².